The molecule has 5 heteroatoms. The van der Waals surface area contributed by atoms with Crippen molar-refractivity contribution in [2.45, 2.75) is 58.8 Å². The number of pyridine rings is 1. The minimum absolute atomic E-state index is 0.0525. The lowest BCUT2D eigenvalue weighted by atomic mass is 9.48. The average Bonchev–Trinajstić information content (AvgIpc) is 3.28. The summed E-state index contributed by atoms with van der Waals surface area (Å²) in [4.78, 5) is 23.5. The number of anilines is 2. The molecule has 0 radical (unpaired) electrons. The zero-order valence-corrected chi connectivity index (χ0v) is 18.6. The maximum Gasteiger partial charge on any atom is 0.189 e. The summed E-state index contributed by atoms with van der Waals surface area (Å²) in [7, 11) is 0. The van der Waals surface area contributed by atoms with Gasteiger partial charge in [0.2, 0.25) is 0 Å². The number of carbonyl (C=O) groups excluding carboxylic acids is 1. The number of carbonyl (C=O) groups is 1. The van der Waals surface area contributed by atoms with Crippen molar-refractivity contribution in [3.05, 3.63) is 41.0 Å². The number of nitrogens with one attached hydrogen (secondary N) is 1. The Labute approximate surface area is 182 Å². The van der Waals surface area contributed by atoms with Crippen molar-refractivity contribution in [2.75, 3.05) is 5.32 Å². The summed E-state index contributed by atoms with van der Waals surface area (Å²) in [6, 6.07) is 5.91. The van der Waals surface area contributed by atoms with Crippen LogP contribution < -0.4 is 5.32 Å². The molecule has 6 rings (SSSR count). The number of fused-ring (bicyclic) bond motifs is 7. The highest BCUT2D eigenvalue weighted by Crippen LogP contribution is 2.65. The van der Waals surface area contributed by atoms with Crippen molar-refractivity contribution in [1.29, 1.82) is 0 Å². The van der Waals surface area contributed by atoms with Gasteiger partial charge in [-0.3, -0.25) is 4.79 Å². The molecule has 0 saturated heterocycles. The number of Topliss-reactive ketones (excluding diaryl/α,β-unsaturated/α-hetero) is 1. The van der Waals surface area contributed by atoms with Crippen molar-refractivity contribution < 1.29 is 4.79 Å². The number of allylic oxidation sites excluding steroid dienone is 2. The number of hydrogen-bond acceptors (Lipinski definition) is 5. The second kappa shape index (κ2) is 6.49. The van der Waals surface area contributed by atoms with Gasteiger partial charge in [0, 0.05) is 22.9 Å². The molecule has 0 aliphatic heterocycles. The van der Waals surface area contributed by atoms with Gasteiger partial charge >= 0.3 is 0 Å². The molecule has 2 fully saturated rings. The topological polar surface area (TPSA) is 54.9 Å². The van der Waals surface area contributed by atoms with E-state index in [4.69, 9.17) is 4.98 Å². The maximum atomic E-state index is 12.6. The molecule has 4 nitrogen and oxygen atoms in total. The molecule has 156 valence electrons. The molecule has 2 saturated carbocycles. The molecule has 1 N–H and O–H groups in total. The molecule has 2 aromatic rings. The predicted octanol–water partition coefficient (Wildman–Crippen LogP) is 6.03. The normalized spacial score (nSPS) is 36.9. The van der Waals surface area contributed by atoms with Crippen LogP contribution in [0.3, 0.4) is 0 Å². The fraction of sp³-hybridized carbons (Fsp3) is 0.560. The Morgan fingerprint density at radius 2 is 1.97 bits per heavy atom. The van der Waals surface area contributed by atoms with Crippen LogP contribution in [0.25, 0.3) is 5.57 Å². The van der Waals surface area contributed by atoms with E-state index in [1.165, 1.54) is 29.0 Å². The Morgan fingerprint density at radius 1 is 1.10 bits per heavy atom. The van der Waals surface area contributed by atoms with E-state index < -0.39 is 0 Å². The van der Waals surface area contributed by atoms with Crippen LogP contribution in [-0.2, 0) is 11.2 Å². The van der Waals surface area contributed by atoms with Gasteiger partial charge in [0.05, 0.1) is 5.69 Å². The number of rotatable bonds is 2. The molecule has 2 heterocycles. The molecule has 5 atom stereocenters. The van der Waals surface area contributed by atoms with Crippen molar-refractivity contribution in [1.82, 2.24) is 9.97 Å². The van der Waals surface area contributed by atoms with Gasteiger partial charge in [-0.1, -0.05) is 26.0 Å². The lowest BCUT2D eigenvalue weighted by molar-refractivity contribution is -0.131. The highest BCUT2D eigenvalue weighted by molar-refractivity contribution is 7.15. The first-order chi connectivity index (χ1) is 14.5. The van der Waals surface area contributed by atoms with Crippen LogP contribution in [0.5, 0.6) is 0 Å². The van der Waals surface area contributed by atoms with Gasteiger partial charge in [-0.05, 0) is 79.4 Å². The minimum Gasteiger partial charge on any atom is -0.316 e. The summed E-state index contributed by atoms with van der Waals surface area (Å²) < 4.78 is 0. The molecule has 4 aliphatic carbocycles. The molecule has 0 spiro atoms. The van der Waals surface area contributed by atoms with Crippen LogP contribution in [0.2, 0.25) is 0 Å². The first kappa shape index (κ1) is 18.7. The Morgan fingerprint density at radius 3 is 2.80 bits per heavy atom. The van der Waals surface area contributed by atoms with E-state index in [2.05, 4.69) is 30.2 Å². The van der Waals surface area contributed by atoms with E-state index >= 15 is 0 Å². The largest absolute Gasteiger partial charge is 0.316 e. The second-order valence-electron chi connectivity index (χ2n) is 10.2. The number of nitrogens with zero attached hydrogens (tertiary/aromatic N) is 2. The lowest BCUT2D eigenvalue weighted by Gasteiger charge is -2.55. The third-order valence-electron chi connectivity index (χ3n) is 8.90. The maximum absolute atomic E-state index is 12.6. The van der Waals surface area contributed by atoms with E-state index in [9.17, 15) is 4.79 Å². The monoisotopic (exact) mass is 419 g/mol. The first-order valence-electron chi connectivity index (χ1n) is 11.4. The van der Waals surface area contributed by atoms with Crippen LogP contribution in [0, 0.1) is 28.6 Å². The van der Waals surface area contributed by atoms with E-state index in [0.29, 0.717) is 23.5 Å². The molecule has 2 aromatic heterocycles. The van der Waals surface area contributed by atoms with E-state index in [1.807, 2.05) is 18.2 Å². The number of aryl methyl sites for hydroxylation is 1. The Hall–Kier alpha value is -2.01. The molecule has 0 amide bonds. The van der Waals surface area contributed by atoms with Crippen molar-refractivity contribution >= 4 is 33.6 Å². The van der Waals surface area contributed by atoms with Crippen LogP contribution in [0.1, 0.15) is 62.9 Å². The van der Waals surface area contributed by atoms with Crippen molar-refractivity contribution in [3.63, 3.8) is 0 Å². The van der Waals surface area contributed by atoms with Gasteiger partial charge in [-0.25, -0.2) is 9.97 Å². The predicted molar refractivity (Wildman–Crippen MR) is 121 cm³/mol. The van der Waals surface area contributed by atoms with Gasteiger partial charge in [0.15, 0.2) is 5.13 Å². The van der Waals surface area contributed by atoms with Crippen molar-refractivity contribution in [2.24, 2.45) is 28.6 Å². The summed E-state index contributed by atoms with van der Waals surface area (Å²) >= 11 is 1.78. The number of aromatic nitrogens is 2. The summed E-state index contributed by atoms with van der Waals surface area (Å²) in [6.07, 6.45) is 11.9. The Bertz CT molecular complexity index is 1040. The van der Waals surface area contributed by atoms with Crippen molar-refractivity contribution in [3.8, 4) is 0 Å². The zero-order chi connectivity index (χ0) is 20.5. The average molecular weight is 420 g/mol. The summed E-state index contributed by atoms with van der Waals surface area (Å²) in [5.41, 5.74) is 2.84. The molecule has 0 unspecified atom stereocenters. The Balaban J connectivity index is 1.34. The second-order valence-corrected chi connectivity index (χ2v) is 11.3. The molecule has 30 heavy (non-hydrogen) atoms. The summed E-state index contributed by atoms with van der Waals surface area (Å²) in [5.74, 6) is 3.30. The van der Waals surface area contributed by atoms with Crippen LogP contribution >= 0.6 is 11.3 Å². The van der Waals surface area contributed by atoms with E-state index in [-0.39, 0.29) is 10.8 Å². The van der Waals surface area contributed by atoms with Crippen LogP contribution in [-0.4, -0.2) is 15.8 Å². The lowest BCUT2D eigenvalue weighted by Crippen LogP contribution is -2.49. The number of ketones is 1. The fourth-order valence-electron chi connectivity index (χ4n) is 7.26. The third-order valence-corrected chi connectivity index (χ3v) is 9.93. The molecular formula is C25H29N3OS. The van der Waals surface area contributed by atoms with Gasteiger partial charge in [0.1, 0.15) is 11.6 Å². The van der Waals surface area contributed by atoms with Crippen LogP contribution in [0.4, 0.5) is 10.9 Å². The highest BCUT2D eigenvalue weighted by Gasteiger charge is 2.58. The molecule has 0 bridgehead atoms. The third kappa shape index (κ3) is 2.54. The van der Waals surface area contributed by atoms with Gasteiger partial charge in [-0.15, -0.1) is 11.3 Å². The SMILES string of the molecule is C[C@]12CCc3sc(Nc4ccccn4)nc3C1=CC[C@@H]1[C@@H]2CC[C@]2(C)C(=O)CC[C@@H]12. The van der Waals surface area contributed by atoms with Gasteiger partial charge < -0.3 is 5.32 Å². The zero-order valence-electron chi connectivity index (χ0n) is 17.8. The standard InChI is InChI=1S/C25H29N3OS/c1-24-13-11-19-22(28-23(30-19)27-21-5-3-4-14-26-21)18(24)7-6-15-16-8-9-20(29)25(16,2)12-10-17(15)24/h3-5,7,14-17H,6,8-13H2,1-2H3,(H,26,27,28)/t15-,16-,17-,24+,25-/m0/s1. The number of thiazole rings is 1. The Kier molecular flexibility index (Phi) is 4.05. The quantitative estimate of drug-likeness (QED) is 0.645. The van der Waals surface area contributed by atoms with Crippen LogP contribution in [0.15, 0.2) is 30.5 Å². The fourth-order valence-corrected chi connectivity index (χ4v) is 8.24. The van der Waals surface area contributed by atoms with E-state index in [0.717, 1.165) is 43.1 Å². The van der Waals surface area contributed by atoms with Gasteiger partial charge in [0.25, 0.3) is 0 Å². The summed E-state index contributed by atoms with van der Waals surface area (Å²) in [5, 5.41) is 4.34. The summed E-state index contributed by atoms with van der Waals surface area (Å²) in [6.45, 7) is 4.75. The minimum atomic E-state index is -0.0525. The smallest absolute Gasteiger partial charge is 0.189 e. The molecule has 4 aliphatic rings. The number of hydrogen-bond donors (Lipinski definition) is 1. The highest BCUT2D eigenvalue weighted by atomic mass is 32.1. The molecular weight excluding hydrogens is 390 g/mol. The molecule has 0 aromatic carbocycles. The van der Waals surface area contributed by atoms with Gasteiger partial charge in [-0.2, -0.15) is 0 Å². The van der Waals surface area contributed by atoms with E-state index in [1.54, 1.807) is 17.5 Å². The first-order valence-corrected chi connectivity index (χ1v) is 12.2.